The number of carbonyl (C=O) groups excluding carboxylic acids is 3. The van der Waals surface area contributed by atoms with Gasteiger partial charge in [0.05, 0.1) is 5.92 Å². The number of rotatable bonds is 2. The molecule has 2 atom stereocenters. The summed E-state index contributed by atoms with van der Waals surface area (Å²) in [6, 6.07) is 2.40. The molecule has 0 radical (unpaired) electrons. The summed E-state index contributed by atoms with van der Waals surface area (Å²) in [5.41, 5.74) is 2.16. The predicted molar refractivity (Wildman–Crippen MR) is 97.2 cm³/mol. The third-order valence-electron chi connectivity index (χ3n) is 5.75. The first-order valence-corrected chi connectivity index (χ1v) is 9.00. The lowest BCUT2D eigenvalue weighted by atomic mass is 9.45. The first-order valence-electron chi connectivity index (χ1n) is 9.00. The van der Waals surface area contributed by atoms with Crippen LogP contribution in [0, 0.1) is 11.2 Å². The molecular formula is C17H17B2N3O5. The maximum Gasteiger partial charge on any atom is 0.488 e. The van der Waals surface area contributed by atoms with Gasteiger partial charge >= 0.3 is 7.12 Å². The Labute approximate surface area is 156 Å². The van der Waals surface area contributed by atoms with Crippen molar-refractivity contribution in [2.45, 2.75) is 43.9 Å². The summed E-state index contributed by atoms with van der Waals surface area (Å²) in [5.74, 6) is 0.634. The molecule has 27 heavy (non-hydrogen) atoms. The SMILES string of the molecule is N#CB1CCC2C(=O)N(C3CCC(=O)NC3=O)c3ccc(B(O)O)c(c32)C1. The molecule has 2 unspecified atom stereocenters. The molecule has 0 saturated carbocycles. The first kappa shape index (κ1) is 17.8. The van der Waals surface area contributed by atoms with Gasteiger partial charge in [0.1, 0.15) is 6.04 Å². The van der Waals surface area contributed by atoms with E-state index in [-0.39, 0.29) is 31.4 Å². The van der Waals surface area contributed by atoms with E-state index < -0.39 is 25.0 Å². The van der Waals surface area contributed by atoms with Gasteiger partial charge in [0, 0.05) is 18.1 Å². The molecule has 0 spiro atoms. The normalized spacial score (nSPS) is 24.3. The van der Waals surface area contributed by atoms with E-state index >= 15 is 0 Å². The van der Waals surface area contributed by atoms with E-state index in [2.05, 4.69) is 11.3 Å². The van der Waals surface area contributed by atoms with Crippen molar-refractivity contribution in [2.24, 2.45) is 0 Å². The van der Waals surface area contributed by atoms with Crippen molar-refractivity contribution in [1.29, 1.82) is 5.26 Å². The van der Waals surface area contributed by atoms with Gasteiger partial charge in [-0.05, 0) is 41.8 Å². The number of nitriles is 1. The maximum absolute atomic E-state index is 13.2. The van der Waals surface area contributed by atoms with E-state index in [1.165, 1.54) is 11.0 Å². The number of amides is 3. The zero-order valence-corrected chi connectivity index (χ0v) is 14.5. The number of anilines is 1. The third-order valence-corrected chi connectivity index (χ3v) is 5.75. The number of hydrogen-bond donors (Lipinski definition) is 3. The molecule has 0 bridgehead atoms. The van der Waals surface area contributed by atoms with Crippen molar-refractivity contribution < 1.29 is 24.4 Å². The lowest BCUT2D eigenvalue weighted by Crippen LogP contribution is -2.54. The number of piperidine rings is 1. The Hall–Kier alpha value is -2.63. The second-order valence-electron chi connectivity index (χ2n) is 7.28. The molecule has 136 valence electrons. The number of hydrogen-bond acceptors (Lipinski definition) is 6. The molecule has 3 amide bonds. The number of nitrogens with zero attached hydrogens (tertiary/aromatic N) is 2. The zero-order valence-electron chi connectivity index (χ0n) is 14.5. The number of nitrogens with one attached hydrogen (secondary N) is 1. The van der Waals surface area contributed by atoms with Crippen molar-refractivity contribution in [3.8, 4) is 5.97 Å². The molecule has 3 N–H and O–H groups in total. The summed E-state index contributed by atoms with van der Waals surface area (Å²) in [5, 5.41) is 31.2. The Kier molecular flexibility index (Phi) is 4.29. The van der Waals surface area contributed by atoms with Crippen molar-refractivity contribution in [1.82, 2.24) is 5.32 Å². The molecule has 4 rings (SSSR count). The quantitative estimate of drug-likeness (QED) is 0.439. The lowest BCUT2D eigenvalue weighted by Gasteiger charge is -2.30. The molecule has 0 aromatic heterocycles. The average molecular weight is 365 g/mol. The average Bonchev–Trinajstić information content (AvgIpc) is 2.78. The molecule has 1 aromatic rings. The van der Waals surface area contributed by atoms with Crippen LogP contribution < -0.4 is 15.7 Å². The number of benzene rings is 1. The number of carbonyl (C=O) groups is 3. The van der Waals surface area contributed by atoms with Gasteiger partial charge in [-0.15, -0.1) is 0 Å². The monoisotopic (exact) mass is 365 g/mol. The molecule has 10 heteroatoms. The summed E-state index contributed by atoms with van der Waals surface area (Å²) in [6.07, 6.45) is 1.73. The highest BCUT2D eigenvalue weighted by Crippen LogP contribution is 2.45. The van der Waals surface area contributed by atoms with Crippen molar-refractivity contribution >= 4 is 42.7 Å². The fourth-order valence-electron chi connectivity index (χ4n) is 4.49. The van der Waals surface area contributed by atoms with E-state index in [1.54, 1.807) is 6.07 Å². The largest absolute Gasteiger partial charge is 0.488 e. The van der Waals surface area contributed by atoms with Gasteiger partial charge in [-0.1, -0.05) is 12.4 Å². The summed E-state index contributed by atoms with van der Waals surface area (Å²) in [7, 11) is -1.71. The molecular weight excluding hydrogens is 348 g/mol. The van der Waals surface area contributed by atoms with Crippen LogP contribution in [-0.2, 0) is 20.7 Å². The highest BCUT2D eigenvalue weighted by Gasteiger charge is 2.47. The van der Waals surface area contributed by atoms with E-state index in [0.29, 0.717) is 41.3 Å². The molecule has 1 saturated heterocycles. The molecule has 3 aliphatic heterocycles. The molecule has 3 heterocycles. The van der Waals surface area contributed by atoms with Crippen LogP contribution >= 0.6 is 0 Å². The van der Waals surface area contributed by atoms with E-state index in [1.807, 2.05) is 0 Å². The van der Waals surface area contributed by atoms with Gasteiger partial charge < -0.3 is 10.0 Å². The lowest BCUT2D eigenvalue weighted by molar-refractivity contribution is -0.135. The molecule has 1 fully saturated rings. The standard InChI is InChI=1S/C17H17B2N3O5/c20-8-18-6-5-9-15-10(7-18)11(19(26)27)1-2-12(15)22(17(9)25)13-3-4-14(23)21-16(13)24/h1-2,9,13,26-27H,3-7H2,(H,21,23,24). The molecule has 8 nitrogen and oxygen atoms in total. The fourth-order valence-corrected chi connectivity index (χ4v) is 4.49. The summed E-state index contributed by atoms with van der Waals surface area (Å²) in [4.78, 5) is 38.4. The van der Waals surface area contributed by atoms with Gasteiger partial charge in [-0.3, -0.25) is 24.6 Å². The van der Waals surface area contributed by atoms with E-state index in [0.717, 1.165) is 0 Å². The van der Waals surface area contributed by atoms with E-state index in [9.17, 15) is 29.7 Å². The van der Waals surface area contributed by atoms with Crippen LogP contribution in [0.15, 0.2) is 12.1 Å². The van der Waals surface area contributed by atoms with Crippen molar-refractivity contribution in [3.05, 3.63) is 23.3 Å². The van der Waals surface area contributed by atoms with Gasteiger partial charge in [-0.25, -0.2) is 5.26 Å². The minimum atomic E-state index is -1.71. The van der Waals surface area contributed by atoms with Crippen molar-refractivity contribution in [2.75, 3.05) is 4.90 Å². The van der Waals surface area contributed by atoms with Crippen LogP contribution in [0.5, 0.6) is 0 Å². The third kappa shape index (κ3) is 2.74. The van der Waals surface area contributed by atoms with Crippen LogP contribution in [-0.4, -0.2) is 47.6 Å². The summed E-state index contributed by atoms with van der Waals surface area (Å²) < 4.78 is 0. The predicted octanol–water partition coefficient (Wildman–Crippen LogP) is -1.36. The molecule has 1 aromatic carbocycles. The molecule has 3 aliphatic rings. The highest BCUT2D eigenvalue weighted by atomic mass is 16.4. The second-order valence-corrected chi connectivity index (χ2v) is 7.28. The minimum Gasteiger partial charge on any atom is -0.423 e. The van der Waals surface area contributed by atoms with Gasteiger partial charge in [0.25, 0.3) is 6.71 Å². The number of imide groups is 1. The van der Waals surface area contributed by atoms with Gasteiger partial charge in [-0.2, -0.15) is 0 Å². The Balaban J connectivity index is 1.84. The van der Waals surface area contributed by atoms with Crippen LogP contribution in [0.4, 0.5) is 5.69 Å². The maximum atomic E-state index is 13.2. The summed E-state index contributed by atoms with van der Waals surface area (Å²) in [6.45, 7) is -0.309. The highest BCUT2D eigenvalue weighted by molar-refractivity contribution is 6.67. The van der Waals surface area contributed by atoms with Gasteiger partial charge in [0.15, 0.2) is 0 Å². The fraction of sp³-hybridized carbons (Fsp3) is 0.412. The zero-order chi connectivity index (χ0) is 19.3. The Bertz CT molecular complexity index is 897. The van der Waals surface area contributed by atoms with Crippen molar-refractivity contribution in [3.63, 3.8) is 0 Å². The minimum absolute atomic E-state index is 0.164. The van der Waals surface area contributed by atoms with E-state index in [4.69, 9.17) is 0 Å². The second kappa shape index (κ2) is 6.51. The Morgan fingerprint density at radius 2 is 2.04 bits per heavy atom. The van der Waals surface area contributed by atoms with Crippen LogP contribution in [0.2, 0.25) is 6.32 Å². The smallest absolute Gasteiger partial charge is 0.423 e. The Morgan fingerprint density at radius 1 is 1.26 bits per heavy atom. The molecule has 0 aliphatic carbocycles. The van der Waals surface area contributed by atoms with Gasteiger partial charge in [0.2, 0.25) is 17.7 Å². The topological polar surface area (TPSA) is 131 Å². The summed E-state index contributed by atoms with van der Waals surface area (Å²) >= 11 is 0. The van der Waals surface area contributed by atoms with Crippen LogP contribution in [0.3, 0.4) is 0 Å². The van der Waals surface area contributed by atoms with Crippen LogP contribution in [0.1, 0.15) is 36.3 Å². The Morgan fingerprint density at radius 3 is 2.70 bits per heavy atom. The first-order chi connectivity index (χ1) is 12.9. The van der Waals surface area contributed by atoms with Crippen LogP contribution in [0.25, 0.3) is 0 Å².